The van der Waals surface area contributed by atoms with Crippen molar-refractivity contribution in [3.63, 3.8) is 0 Å². The second kappa shape index (κ2) is 5.42. The smallest absolute Gasteiger partial charge is 0.263 e. The van der Waals surface area contributed by atoms with Crippen LogP contribution in [0.4, 0.5) is 11.6 Å². The summed E-state index contributed by atoms with van der Waals surface area (Å²) in [5, 5.41) is 7.13. The highest BCUT2D eigenvalue weighted by Gasteiger charge is 2.20. The average Bonchev–Trinajstić information content (AvgIpc) is 3.04. The second-order valence-electron chi connectivity index (χ2n) is 5.83. The number of hydrogen-bond acceptors (Lipinski definition) is 5. The first kappa shape index (κ1) is 13.8. The summed E-state index contributed by atoms with van der Waals surface area (Å²) in [6.45, 7) is 5.53. The standard InChI is InChI=1S/C16H18N6O/c1-11-3-2-4-12(9-11)21-5-7-22(8-6-21)16-18-14-13(10-17-20-14)15(23)19-16/h2-4,9-10H,5-8H2,1H3,(H2,17,18,19,20,23). The number of nitrogens with zero attached hydrogens (tertiary/aromatic N) is 4. The van der Waals surface area contributed by atoms with Crippen LogP contribution in [0.3, 0.4) is 0 Å². The molecule has 0 radical (unpaired) electrons. The number of piperazine rings is 1. The maximum absolute atomic E-state index is 12.0. The number of nitrogens with one attached hydrogen (secondary N) is 2. The number of hydrogen-bond donors (Lipinski definition) is 2. The molecule has 0 aliphatic carbocycles. The minimum absolute atomic E-state index is 0.153. The van der Waals surface area contributed by atoms with Crippen LogP contribution in [-0.2, 0) is 0 Å². The lowest BCUT2D eigenvalue weighted by molar-refractivity contribution is 0.640. The first-order valence-corrected chi connectivity index (χ1v) is 7.71. The molecule has 4 rings (SSSR count). The van der Waals surface area contributed by atoms with Crippen LogP contribution < -0.4 is 15.4 Å². The number of fused-ring (bicyclic) bond motifs is 1. The molecule has 0 amide bonds. The molecule has 118 valence electrons. The van der Waals surface area contributed by atoms with Crippen LogP contribution in [0.1, 0.15) is 5.56 Å². The molecule has 1 saturated heterocycles. The van der Waals surface area contributed by atoms with E-state index in [2.05, 4.69) is 61.2 Å². The highest BCUT2D eigenvalue weighted by molar-refractivity contribution is 5.73. The summed E-state index contributed by atoms with van der Waals surface area (Å²) in [5.41, 5.74) is 2.89. The van der Waals surface area contributed by atoms with Gasteiger partial charge in [0, 0.05) is 31.9 Å². The number of aryl methyl sites for hydroxylation is 1. The van der Waals surface area contributed by atoms with Crippen molar-refractivity contribution in [1.29, 1.82) is 0 Å². The van der Waals surface area contributed by atoms with E-state index in [1.54, 1.807) is 0 Å². The molecule has 23 heavy (non-hydrogen) atoms. The summed E-state index contributed by atoms with van der Waals surface area (Å²) < 4.78 is 0. The zero-order valence-corrected chi connectivity index (χ0v) is 12.9. The van der Waals surface area contributed by atoms with Crippen LogP contribution in [-0.4, -0.2) is 46.3 Å². The predicted molar refractivity (Wildman–Crippen MR) is 90.1 cm³/mol. The number of benzene rings is 1. The Morgan fingerprint density at radius 2 is 1.91 bits per heavy atom. The fourth-order valence-electron chi connectivity index (χ4n) is 2.98. The van der Waals surface area contributed by atoms with E-state index in [0.717, 1.165) is 26.2 Å². The van der Waals surface area contributed by atoms with Crippen molar-refractivity contribution in [2.75, 3.05) is 36.0 Å². The van der Waals surface area contributed by atoms with E-state index < -0.39 is 0 Å². The molecule has 0 unspecified atom stereocenters. The normalized spacial score (nSPS) is 15.3. The average molecular weight is 310 g/mol. The van der Waals surface area contributed by atoms with E-state index >= 15 is 0 Å². The Hall–Kier alpha value is -2.83. The van der Waals surface area contributed by atoms with Gasteiger partial charge in [0.1, 0.15) is 5.39 Å². The lowest BCUT2D eigenvalue weighted by atomic mass is 10.2. The molecule has 1 aliphatic heterocycles. The van der Waals surface area contributed by atoms with Gasteiger partial charge in [-0.15, -0.1) is 0 Å². The summed E-state index contributed by atoms with van der Waals surface area (Å²) >= 11 is 0. The maximum Gasteiger partial charge on any atom is 0.263 e. The van der Waals surface area contributed by atoms with Crippen molar-refractivity contribution in [2.24, 2.45) is 0 Å². The molecule has 0 spiro atoms. The lowest BCUT2D eigenvalue weighted by Gasteiger charge is -2.36. The molecule has 7 nitrogen and oxygen atoms in total. The SMILES string of the molecule is Cc1cccc(N2CCN(c3nc4[nH]ncc4c(=O)[nH]3)CC2)c1. The van der Waals surface area contributed by atoms with Crippen LogP contribution in [0.25, 0.3) is 11.0 Å². The Labute approximate surface area is 133 Å². The molecule has 7 heteroatoms. The molecule has 0 atom stereocenters. The largest absolute Gasteiger partial charge is 0.368 e. The quantitative estimate of drug-likeness (QED) is 0.745. The lowest BCUT2D eigenvalue weighted by Crippen LogP contribution is -2.47. The fourth-order valence-corrected chi connectivity index (χ4v) is 2.98. The van der Waals surface area contributed by atoms with Gasteiger partial charge in [0.15, 0.2) is 5.65 Å². The topological polar surface area (TPSA) is 80.9 Å². The molecule has 1 fully saturated rings. The molecule has 1 aliphatic rings. The molecule has 2 aromatic heterocycles. The number of rotatable bonds is 2. The van der Waals surface area contributed by atoms with Gasteiger partial charge in [0.05, 0.1) is 6.20 Å². The zero-order valence-electron chi connectivity index (χ0n) is 12.9. The molecule has 2 N–H and O–H groups in total. The van der Waals surface area contributed by atoms with Crippen molar-refractivity contribution in [3.8, 4) is 0 Å². The van der Waals surface area contributed by atoms with E-state index in [-0.39, 0.29) is 5.56 Å². The van der Waals surface area contributed by atoms with E-state index in [1.807, 2.05) is 0 Å². The van der Waals surface area contributed by atoms with Crippen molar-refractivity contribution < 1.29 is 0 Å². The summed E-state index contributed by atoms with van der Waals surface area (Å²) in [5.74, 6) is 0.607. The van der Waals surface area contributed by atoms with Crippen LogP contribution in [0, 0.1) is 6.92 Å². The van der Waals surface area contributed by atoms with Gasteiger partial charge in [-0.3, -0.25) is 14.9 Å². The van der Waals surface area contributed by atoms with Crippen LogP contribution in [0.2, 0.25) is 0 Å². The third-order valence-corrected chi connectivity index (χ3v) is 4.25. The van der Waals surface area contributed by atoms with Gasteiger partial charge >= 0.3 is 0 Å². The Morgan fingerprint density at radius 3 is 2.70 bits per heavy atom. The Morgan fingerprint density at radius 1 is 1.13 bits per heavy atom. The van der Waals surface area contributed by atoms with E-state index in [1.165, 1.54) is 17.4 Å². The third kappa shape index (κ3) is 2.54. The van der Waals surface area contributed by atoms with Crippen molar-refractivity contribution in [1.82, 2.24) is 20.2 Å². The molecule has 3 heterocycles. The highest BCUT2D eigenvalue weighted by atomic mass is 16.1. The third-order valence-electron chi connectivity index (χ3n) is 4.25. The summed E-state index contributed by atoms with van der Waals surface area (Å²) in [6, 6.07) is 8.53. The summed E-state index contributed by atoms with van der Waals surface area (Å²) in [4.78, 5) is 23.8. The van der Waals surface area contributed by atoms with E-state index in [9.17, 15) is 4.79 Å². The van der Waals surface area contributed by atoms with Gasteiger partial charge in [-0.1, -0.05) is 12.1 Å². The second-order valence-corrected chi connectivity index (χ2v) is 5.83. The molecule has 0 saturated carbocycles. The minimum atomic E-state index is -0.153. The monoisotopic (exact) mass is 310 g/mol. The Kier molecular flexibility index (Phi) is 3.25. The van der Waals surface area contributed by atoms with Gasteiger partial charge in [-0.25, -0.2) is 0 Å². The zero-order chi connectivity index (χ0) is 15.8. The minimum Gasteiger partial charge on any atom is -0.368 e. The fraction of sp³-hybridized carbons (Fsp3) is 0.312. The summed E-state index contributed by atoms with van der Waals surface area (Å²) in [7, 11) is 0. The van der Waals surface area contributed by atoms with E-state index in [4.69, 9.17) is 0 Å². The van der Waals surface area contributed by atoms with Crippen molar-refractivity contribution in [2.45, 2.75) is 6.92 Å². The number of aromatic amines is 2. The molecular weight excluding hydrogens is 292 g/mol. The molecular formula is C16H18N6O. The molecule has 3 aromatic rings. The number of aromatic nitrogens is 4. The Balaban J connectivity index is 1.53. The Bertz CT molecular complexity index is 891. The van der Waals surface area contributed by atoms with Crippen LogP contribution in [0.5, 0.6) is 0 Å². The van der Waals surface area contributed by atoms with Gasteiger partial charge < -0.3 is 9.80 Å². The molecule has 0 bridgehead atoms. The van der Waals surface area contributed by atoms with Gasteiger partial charge in [-0.2, -0.15) is 10.1 Å². The van der Waals surface area contributed by atoms with Gasteiger partial charge in [0.2, 0.25) is 5.95 Å². The van der Waals surface area contributed by atoms with Crippen molar-refractivity contribution >= 4 is 22.7 Å². The molecule has 1 aromatic carbocycles. The van der Waals surface area contributed by atoms with Crippen molar-refractivity contribution in [3.05, 3.63) is 46.4 Å². The van der Waals surface area contributed by atoms with Gasteiger partial charge in [0.25, 0.3) is 5.56 Å². The summed E-state index contributed by atoms with van der Waals surface area (Å²) in [6.07, 6.45) is 1.50. The predicted octanol–water partition coefficient (Wildman–Crippen LogP) is 1.28. The van der Waals surface area contributed by atoms with Crippen LogP contribution in [0.15, 0.2) is 35.3 Å². The van der Waals surface area contributed by atoms with E-state index in [0.29, 0.717) is 17.0 Å². The van der Waals surface area contributed by atoms with Crippen LogP contribution >= 0.6 is 0 Å². The number of anilines is 2. The first-order valence-electron chi connectivity index (χ1n) is 7.71. The van der Waals surface area contributed by atoms with Gasteiger partial charge in [-0.05, 0) is 24.6 Å². The highest BCUT2D eigenvalue weighted by Crippen LogP contribution is 2.19. The maximum atomic E-state index is 12.0. The number of H-pyrrole nitrogens is 2. The first-order chi connectivity index (χ1) is 11.2.